The molecule has 7 heteroatoms. The van der Waals surface area contributed by atoms with Crippen LogP contribution in [0.1, 0.15) is 24.7 Å². The summed E-state index contributed by atoms with van der Waals surface area (Å²) in [7, 11) is 0. The third kappa shape index (κ3) is 4.03. The normalized spacial score (nSPS) is 10.8. The summed E-state index contributed by atoms with van der Waals surface area (Å²) in [5.74, 6) is 0.275. The molecule has 0 atom stereocenters. The fourth-order valence-electron chi connectivity index (χ4n) is 2.01. The number of hydrogen-bond donors (Lipinski definition) is 1. The van der Waals surface area contributed by atoms with E-state index < -0.39 is 12.3 Å². The van der Waals surface area contributed by atoms with Gasteiger partial charge in [-0.15, -0.1) is 0 Å². The lowest BCUT2D eigenvalue weighted by molar-refractivity contribution is -0.117. The molecule has 118 valence electrons. The van der Waals surface area contributed by atoms with Gasteiger partial charge in [0.05, 0.1) is 12.3 Å². The van der Waals surface area contributed by atoms with E-state index in [9.17, 15) is 13.6 Å². The van der Waals surface area contributed by atoms with Gasteiger partial charge in [-0.3, -0.25) is 9.48 Å². The second kappa shape index (κ2) is 7.02. The summed E-state index contributed by atoms with van der Waals surface area (Å²) in [4.78, 5) is 11.9. The third-order valence-electron chi connectivity index (χ3n) is 2.90. The lowest BCUT2D eigenvalue weighted by Gasteiger charge is -2.09. The summed E-state index contributed by atoms with van der Waals surface area (Å²) in [5.41, 5.74) is 0.749. The highest BCUT2D eigenvalue weighted by Gasteiger charge is 2.17. The summed E-state index contributed by atoms with van der Waals surface area (Å²) < 4.78 is 32.0. The Bertz CT molecular complexity index is 639. The number of aryl methyl sites for hydroxylation is 1. The zero-order valence-electron chi connectivity index (χ0n) is 12.3. The first-order valence-corrected chi connectivity index (χ1v) is 6.84. The maximum absolute atomic E-state index is 12.8. The molecule has 5 nitrogen and oxygen atoms in total. The first-order chi connectivity index (χ1) is 10.5. The van der Waals surface area contributed by atoms with E-state index in [1.807, 2.05) is 6.92 Å². The van der Waals surface area contributed by atoms with E-state index in [1.165, 1.54) is 6.07 Å². The van der Waals surface area contributed by atoms with Crippen LogP contribution in [0, 0.1) is 6.92 Å². The van der Waals surface area contributed by atoms with Gasteiger partial charge in [0.2, 0.25) is 5.91 Å². The number of anilines is 1. The first-order valence-electron chi connectivity index (χ1n) is 6.84. The lowest BCUT2D eigenvalue weighted by atomic mass is 10.3. The average molecular weight is 309 g/mol. The van der Waals surface area contributed by atoms with Crippen molar-refractivity contribution >= 4 is 11.6 Å². The Morgan fingerprint density at radius 1 is 1.36 bits per heavy atom. The van der Waals surface area contributed by atoms with Crippen LogP contribution in [-0.2, 0) is 11.3 Å². The lowest BCUT2D eigenvalue weighted by Crippen LogP contribution is -2.21. The smallest absolute Gasteiger partial charge is 0.280 e. The second-order valence-electron chi connectivity index (χ2n) is 4.67. The van der Waals surface area contributed by atoms with Gasteiger partial charge in [-0.1, -0.05) is 0 Å². The van der Waals surface area contributed by atoms with E-state index in [-0.39, 0.29) is 12.2 Å². The van der Waals surface area contributed by atoms with E-state index >= 15 is 0 Å². The summed E-state index contributed by atoms with van der Waals surface area (Å²) in [5, 5.41) is 6.54. The van der Waals surface area contributed by atoms with Gasteiger partial charge in [0, 0.05) is 5.69 Å². The molecule has 1 aromatic carbocycles. The highest BCUT2D eigenvalue weighted by Crippen LogP contribution is 2.20. The summed E-state index contributed by atoms with van der Waals surface area (Å²) in [6, 6.07) is 8.09. The molecule has 0 aliphatic carbocycles. The summed E-state index contributed by atoms with van der Waals surface area (Å²) in [6.07, 6.45) is -2.67. The van der Waals surface area contributed by atoms with Crippen molar-refractivity contribution in [3.05, 3.63) is 41.7 Å². The van der Waals surface area contributed by atoms with Crippen LogP contribution in [0.2, 0.25) is 0 Å². The Morgan fingerprint density at radius 3 is 2.64 bits per heavy atom. The largest absolute Gasteiger partial charge is 0.494 e. The van der Waals surface area contributed by atoms with Gasteiger partial charge in [-0.2, -0.15) is 5.10 Å². The number of nitrogens with one attached hydrogen (secondary N) is 1. The highest BCUT2D eigenvalue weighted by atomic mass is 19.3. The van der Waals surface area contributed by atoms with Crippen LogP contribution < -0.4 is 10.1 Å². The molecule has 0 unspecified atom stereocenters. The van der Waals surface area contributed by atoms with Crippen LogP contribution in [0.3, 0.4) is 0 Å². The Kier molecular flexibility index (Phi) is 5.08. The van der Waals surface area contributed by atoms with Crippen molar-refractivity contribution < 1.29 is 18.3 Å². The van der Waals surface area contributed by atoms with Gasteiger partial charge in [-0.05, 0) is 44.2 Å². The average Bonchev–Trinajstić information content (AvgIpc) is 2.82. The van der Waals surface area contributed by atoms with E-state index in [0.717, 1.165) is 4.68 Å². The third-order valence-corrected chi connectivity index (χ3v) is 2.90. The van der Waals surface area contributed by atoms with Crippen molar-refractivity contribution in [2.45, 2.75) is 26.8 Å². The minimum Gasteiger partial charge on any atom is -0.494 e. The molecule has 1 heterocycles. The fourth-order valence-corrected chi connectivity index (χ4v) is 2.01. The van der Waals surface area contributed by atoms with Crippen LogP contribution in [0.4, 0.5) is 14.5 Å². The van der Waals surface area contributed by atoms with Crippen LogP contribution in [0.15, 0.2) is 30.3 Å². The van der Waals surface area contributed by atoms with Crippen LogP contribution >= 0.6 is 0 Å². The van der Waals surface area contributed by atoms with Gasteiger partial charge in [0.15, 0.2) is 0 Å². The van der Waals surface area contributed by atoms with Gasteiger partial charge < -0.3 is 10.1 Å². The zero-order chi connectivity index (χ0) is 16.1. The van der Waals surface area contributed by atoms with Gasteiger partial charge in [-0.25, -0.2) is 8.78 Å². The van der Waals surface area contributed by atoms with Crippen molar-refractivity contribution in [2.24, 2.45) is 0 Å². The SMILES string of the molecule is CCOc1ccc(NC(=O)Cn2nc(C)cc2C(F)F)cc1. The molecular formula is C15H17F2N3O2. The Balaban J connectivity index is 2.01. The Morgan fingerprint density at radius 2 is 2.05 bits per heavy atom. The molecule has 0 fully saturated rings. The second-order valence-corrected chi connectivity index (χ2v) is 4.67. The summed E-state index contributed by atoms with van der Waals surface area (Å²) in [6.45, 7) is 3.77. The molecule has 22 heavy (non-hydrogen) atoms. The molecule has 0 saturated heterocycles. The topological polar surface area (TPSA) is 56.1 Å². The van der Waals surface area contributed by atoms with Gasteiger partial charge in [0.1, 0.15) is 18.0 Å². The quantitative estimate of drug-likeness (QED) is 0.891. The van der Waals surface area contributed by atoms with E-state index in [0.29, 0.717) is 23.7 Å². The van der Waals surface area contributed by atoms with Crippen LogP contribution in [0.5, 0.6) is 5.75 Å². The van der Waals surface area contributed by atoms with Crippen LogP contribution in [0.25, 0.3) is 0 Å². The van der Waals surface area contributed by atoms with Crippen molar-refractivity contribution in [1.82, 2.24) is 9.78 Å². The minimum atomic E-state index is -2.67. The van der Waals surface area contributed by atoms with E-state index in [2.05, 4.69) is 10.4 Å². The fraction of sp³-hybridized carbons (Fsp3) is 0.333. The van der Waals surface area contributed by atoms with Crippen LogP contribution in [-0.4, -0.2) is 22.3 Å². The number of carbonyl (C=O) groups is 1. The Hall–Kier alpha value is -2.44. The molecule has 0 saturated carbocycles. The van der Waals surface area contributed by atoms with E-state index in [4.69, 9.17) is 4.74 Å². The molecule has 2 aromatic rings. The summed E-state index contributed by atoms with van der Waals surface area (Å²) >= 11 is 0. The van der Waals surface area contributed by atoms with Gasteiger partial charge >= 0.3 is 0 Å². The molecule has 0 spiro atoms. The molecular weight excluding hydrogens is 292 g/mol. The first kappa shape index (κ1) is 15.9. The number of nitrogens with zero attached hydrogens (tertiary/aromatic N) is 2. The van der Waals surface area contributed by atoms with Crippen molar-refractivity contribution in [1.29, 1.82) is 0 Å². The standard InChI is InChI=1S/C15H17F2N3O2/c1-3-22-12-6-4-11(5-7-12)18-14(21)9-20-13(15(16)17)8-10(2)19-20/h4-8,15H,3,9H2,1-2H3,(H,18,21). The molecule has 1 aromatic heterocycles. The highest BCUT2D eigenvalue weighted by molar-refractivity contribution is 5.90. The molecule has 0 aliphatic heterocycles. The van der Waals surface area contributed by atoms with Crippen molar-refractivity contribution in [3.63, 3.8) is 0 Å². The molecule has 2 rings (SSSR count). The number of amides is 1. The number of benzene rings is 1. The Labute approximate surface area is 126 Å². The van der Waals surface area contributed by atoms with Crippen molar-refractivity contribution in [3.8, 4) is 5.75 Å². The number of halogens is 2. The number of hydrogen-bond acceptors (Lipinski definition) is 3. The zero-order valence-corrected chi connectivity index (χ0v) is 12.3. The predicted molar refractivity (Wildman–Crippen MR) is 78.2 cm³/mol. The molecule has 0 aliphatic rings. The molecule has 1 N–H and O–H groups in total. The number of aromatic nitrogens is 2. The monoisotopic (exact) mass is 309 g/mol. The number of alkyl halides is 2. The molecule has 1 amide bonds. The number of ether oxygens (including phenoxy) is 1. The number of rotatable bonds is 6. The minimum absolute atomic E-state index is 0.263. The van der Waals surface area contributed by atoms with E-state index in [1.54, 1.807) is 31.2 Å². The predicted octanol–water partition coefficient (Wildman–Crippen LogP) is 3.17. The number of carbonyl (C=O) groups excluding carboxylic acids is 1. The maximum Gasteiger partial charge on any atom is 0.280 e. The molecule has 0 radical (unpaired) electrons. The van der Waals surface area contributed by atoms with Crippen molar-refractivity contribution in [2.75, 3.05) is 11.9 Å². The van der Waals surface area contributed by atoms with Gasteiger partial charge in [0.25, 0.3) is 6.43 Å². The maximum atomic E-state index is 12.8. The molecule has 0 bridgehead atoms.